The number of nitrogens with one attached hydrogen (secondary N) is 2. The van der Waals surface area contributed by atoms with Gasteiger partial charge in [-0.25, -0.2) is 0 Å². The molecule has 3 aromatic carbocycles. The van der Waals surface area contributed by atoms with Gasteiger partial charge in [-0.3, -0.25) is 14.9 Å². The van der Waals surface area contributed by atoms with Crippen LogP contribution >= 0.6 is 35.4 Å². The van der Waals surface area contributed by atoms with E-state index in [1.54, 1.807) is 30.3 Å². The van der Waals surface area contributed by atoms with Gasteiger partial charge >= 0.3 is 0 Å². The Balaban J connectivity index is 1.12. The van der Waals surface area contributed by atoms with Gasteiger partial charge in [0.25, 0.3) is 11.8 Å². The Hall–Kier alpha value is -3.85. The SMILES string of the molecule is Cc1ccc(C(=O)N2CCN(c3ccc(NC(=S)NC(=O)c4ccc(-c5cc(Cl)ccc5Cl)o4)cc3)CC2)cc1. The molecular formula is C30H26Cl2N4O3S. The van der Waals surface area contributed by atoms with Crippen molar-refractivity contribution in [3.63, 3.8) is 0 Å². The summed E-state index contributed by atoms with van der Waals surface area (Å²) in [5, 5.41) is 6.75. The molecule has 0 atom stereocenters. The van der Waals surface area contributed by atoms with E-state index in [1.807, 2.05) is 60.4 Å². The van der Waals surface area contributed by atoms with Crippen LogP contribution in [0, 0.1) is 6.92 Å². The minimum Gasteiger partial charge on any atom is -0.451 e. The molecule has 2 amide bonds. The summed E-state index contributed by atoms with van der Waals surface area (Å²) in [4.78, 5) is 29.6. The van der Waals surface area contributed by atoms with Gasteiger partial charge in [0.2, 0.25) is 0 Å². The summed E-state index contributed by atoms with van der Waals surface area (Å²) in [6.07, 6.45) is 0. The third-order valence-corrected chi connectivity index (χ3v) is 7.38. The molecule has 40 heavy (non-hydrogen) atoms. The summed E-state index contributed by atoms with van der Waals surface area (Å²) >= 11 is 17.6. The third-order valence-electron chi connectivity index (χ3n) is 6.61. The van der Waals surface area contributed by atoms with Crippen molar-refractivity contribution in [2.24, 2.45) is 0 Å². The van der Waals surface area contributed by atoms with Crippen molar-refractivity contribution in [1.82, 2.24) is 10.2 Å². The highest BCUT2D eigenvalue weighted by molar-refractivity contribution is 7.80. The summed E-state index contributed by atoms with van der Waals surface area (Å²) < 4.78 is 5.68. The zero-order valence-electron chi connectivity index (χ0n) is 21.6. The molecule has 2 heterocycles. The Morgan fingerprint density at radius 2 is 1.57 bits per heavy atom. The van der Waals surface area contributed by atoms with Crippen molar-refractivity contribution >= 4 is 63.7 Å². The van der Waals surface area contributed by atoms with Crippen molar-refractivity contribution in [1.29, 1.82) is 0 Å². The number of hydrogen-bond acceptors (Lipinski definition) is 5. The molecule has 1 aliphatic rings. The van der Waals surface area contributed by atoms with E-state index in [9.17, 15) is 9.59 Å². The Bertz CT molecular complexity index is 1550. The fourth-order valence-corrected chi connectivity index (χ4v) is 5.01. The van der Waals surface area contributed by atoms with Crippen LogP contribution in [-0.4, -0.2) is 48.0 Å². The van der Waals surface area contributed by atoms with Crippen LogP contribution in [0.1, 0.15) is 26.5 Å². The summed E-state index contributed by atoms with van der Waals surface area (Å²) in [7, 11) is 0. The predicted molar refractivity (Wildman–Crippen MR) is 164 cm³/mol. The highest BCUT2D eigenvalue weighted by atomic mass is 35.5. The van der Waals surface area contributed by atoms with Gasteiger partial charge in [0.05, 0.1) is 5.02 Å². The first kappa shape index (κ1) is 27.7. The molecule has 0 aliphatic carbocycles. The summed E-state index contributed by atoms with van der Waals surface area (Å²) in [6, 6.07) is 23.7. The minimum atomic E-state index is -0.489. The fourth-order valence-electron chi connectivity index (χ4n) is 4.42. The number of carbonyl (C=O) groups excluding carboxylic acids is 2. The van der Waals surface area contributed by atoms with Crippen molar-refractivity contribution in [3.8, 4) is 11.3 Å². The largest absolute Gasteiger partial charge is 0.451 e. The lowest BCUT2D eigenvalue weighted by atomic mass is 10.1. The van der Waals surface area contributed by atoms with Gasteiger partial charge in [-0.15, -0.1) is 0 Å². The Labute approximate surface area is 247 Å². The molecule has 1 aliphatic heterocycles. The van der Waals surface area contributed by atoms with Gasteiger partial charge < -0.3 is 19.5 Å². The second kappa shape index (κ2) is 12.1. The van der Waals surface area contributed by atoms with Crippen LogP contribution < -0.4 is 15.5 Å². The number of amides is 2. The van der Waals surface area contributed by atoms with Crippen LogP contribution in [0.5, 0.6) is 0 Å². The number of thiocarbonyl (C=S) groups is 1. The molecule has 1 fully saturated rings. The molecular weight excluding hydrogens is 567 g/mol. The van der Waals surface area contributed by atoms with Crippen molar-refractivity contribution in [2.75, 3.05) is 36.4 Å². The lowest BCUT2D eigenvalue weighted by Crippen LogP contribution is -2.48. The van der Waals surface area contributed by atoms with E-state index < -0.39 is 5.91 Å². The first-order valence-electron chi connectivity index (χ1n) is 12.7. The van der Waals surface area contributed by atoms with E-state index in [1.165, 1.54) is 0 Å². The van der Waals surface area contributed by atoms with Gasteiger partial charge in [0, 0.05) is 53.7 Å². The number of hydrogen-bond donors (Lipinski definition) is 2. The molecule has 0 spiro atoms. The molecule has 0 radical (unpaired) electrons. The van der Waals surface area contributed by atoms with Crippen molar-refractivity contribution < 1.29 is 14.0 Å². The zero-order valence-corrected chi connectivity index (χ0v) is 23.9. The maximum atomic E-state index is 12.8. The monoisotopic (exact) mass is 592 g/mol. The number of halogens is 2. The number of nitrogens with zero attached hydrogens (tertiary/aromatic N) is 2. The van der Waals surface area contributed by atoms with Crippen molar-refractivity contribution in [3.05, 3.63) is 106 Å². The average Bonchev–Trinajstić information content (AvgIpc) is 3.45. The first-order valence-corrected chi connectivity index (χ1v) is 13.8. The highest BCUT2D eigenvalue weighted by Gasteiger charge is 2.22. The standard InChI is InChI=1S/C30H26Cl2N4O3S/c1-19-2-4-20(5-3-19)29(38)36-16-14-35(15-17-36)23-9-7-22(8-10-23)33-30(40)34-28(37)27-13-12-26(39-27)24-18-21(31)6-11-25(24)32/h2-13,18H,14-17H2,1H3,(H2,33,34,37,40). The topological polar surface area (TPSA) is 77.8 Å². The maximum Gasteiger partial charge on any atom is 0.293 e. The predicted octanol–water partition coefficient (Wildman–Crippen LogP) is 6.65. The Morgan fingerprint density at radius 1 is 0.875 bits per heavy atom. The lowest BCUT2D eigenvalue weighted by Gasteiger charge is -2.36. The quantitative estimate of drug-likeness (QED) is 0.253. The Kier molecular flexibility index (Phi) is 8.40. The summed E-state index contributed by atoms with van der Waals surface area (Å²) in [6.45, 7) is 4.80. The summed E-state index contributed by atoms with van der Waals surface area (Å²) in [5.74, 6) is 0.0865. The smallest absolute Gasteiger partial charge is 0.293 e. The third kappa shape index (κ3) is 6.47. The van der Waals surface area contributed by atoms with Crippen LogP contribution in [0.2, 0.25) is 10.0 Å². The molecule has 0 unspecified atom stereocenters. The van der Waals surface area contributed by atoms with E-state index in [0.717, 1.165) is 35.6 Å². The molecule has 1 saturated heterocycles. The number of furan rings is 1. The van der Waals surface area contributed by atoms with E-state index in [0.29, 0.717) is 34.5 Å². The molecule has 4 aromatic rings. The summed E-state index contributed by atoms with van der Waals surface area (Å²) in [5.41, 5.74) is 4.22. The number of anilines is 2. The maximum absolute atomic E-state index is 12.8. The van der Waals surface area contributed by atoms with Crippen LogP contribution in [-0.2, 0) is 0 Å². The molecule has 1 aromatic heterocycles. The van der Waals surface area contributed by atoms with Crippen molar-refractivity contribution in [2.45, 2.75) is 6.92 Å². The molecule has 5 rings (SSSR count). The number of piperazine rings is 1. The van der Waals surface area contributed by atoms with E-state index in [4.69, 9.17) is 39.8 Å². The molecule has 0 saturated carbocycles. The van der Waals surface area contributed by atoms with Crippen LogP contribution in [0.3, 0.4) is 0 Å². The normalized spacial score (nSPS) is 13.2. The Morgan fingerprint density at radius 3 is 2.27 bits per heavy atom. The molecule has 0 bridgehead atoms. The van der Waals surface area contributed by atoms with Crippen LogP contribution in [0.4, 0.5) is 11.4 Å². The lowest BCUT2D eigenvalue weighted by molar-refractivity contribution is 0.0746. The molecule has 10 heteroatoms. The van der Waals surface area contributed by atoms with Crippen LogP contribution in [0.25, 0.3) is 11.3 Å². The minimum absolute atomic E-state index is 0.0637. The zero-order chi connectivity index (χ0) is 28.2. The molecule has 2 N–H and O–H groups in total. The highest BCUT2D eigenvalue weighted by Crippen LogP contribution is 2.31. The van der Waals surface area contributed by atoms with Gasteiger partial charge in [-0.05, 0) is 85.9 Å². The number of aryl methyl sites for hydroxylation is 1. The second-order valence-electron chi connectivity index (χ2n) is 9.39. The number of benzene rings is 3. The number of rotatable bonds is 5. The van der Waals surface area contributed by atoms with Gasteiger partial charge in [-0.1, -0.05) is 40.9 Å². The second-order valence-corrected chi connectivity index (χ2v) is 10.6. The van der Waals surface area contributed by atoms with Gasteiger partial charge in [-0.2, -0.15) is 0 Å². The first-order chi connectivity index (χ1) is 19.3. The average molecular weight is 594 g/mol. The molecule has 204 valence electrons. The van der Waals surface area contributed by atoms with Crippen LogP contribution in [0.15, 0.2) is 83.3 Å². The van der Waals surface area contributed by atoms with E-state index in [-0.39, 0.29) is 16.8 Å². The van der Waals surface area contributed by atoms with E-state index in [2.05, 4.69) is 15.5 Å². The van der Waals surface area contributed by atoms with E-state index >= 15 is 0 Å². The van der Waals surface area contributed by atoms with Gasteiger partial charge in [0.15, 0.2) is 10.9 Å². The number of carbonyl (C=O) groups is 2. The van der Waals surface area contributed by atoms with Gasteiger partial charge in [0.1, 0.15) is 5.76 Å². The fraction of sp³-hybridized carbons (Fsp3) is 0.167. The molecule has 7 nitrogen and oxygen atoms in total.